The molecule has 0 radical (unpaired) electrons. The molecule has 7 nitrogen and oxygen atoms in total. The fourth-order valence-corrected chi connectivity index (χ4v) is 5.08. The second-order valence-corrected chi connectivity index (χ2v) is 9.25. The van der Waals surface area contributed by atoms with Gasteiger partial charge in [-0.3, -0.25) is 4.79 Å². The first-order valence-electron chi connectivity index (χ1n) is 10.3. The summed E-state index contributed by atoms with van der Waals surface area (Å²) in [7, 11) is -3.63. The molecule has 2 heterocycles. The molecule has 160 valence electrons. The van der Waals surface area contributed by atoms with Crippen molar-refractivity contribution in [2.24, 2.45) is 0 Å². The highest BCUT2D eigenvalue weighted by Gasteiger charge is 2.32. The summed E-state index contributed by atoms with van der Waals surface area (Å²) in [6.07, 6.45) is 2.44. The number of benzene rings is 2. The van der Waals surface area contributed by atoms with E-state index in [0.717, 1.165) is 24.2 Å². The maximum absolute atomic E-state index is 13.3. The van der Waals surface area contributed by atoms with Gasteiger partial charge < -0.3 is 14.4 Å². The monoisotopic (exact) mass is 430 g/mol. The molecule has 2 aromatic carbocycles. The van der Waals surface area contributed by atoms with Gasteiger partial charge in [0.2, 0.25) is 10.0 Å². The first-order chi connectivity index (χ1) is 14.5. The Morgan fingerprint density at radius 2 is 1.93 bits per heavy atom. The molecule has 0 unspecified atom stereocenters. The van der Waals surface area contributed by atoms with E-state index < -0.39 is 10.0 Å². The van der Waals surface area contributed by atoms with Crippen LogP contribution >= 0.6 is 0 Å². The Kier molecular flexibility index (Phi) is 5.97. The van der Waals surface area contributed by atoms with E-state index in [1.165, 1.54) is 12.1 Å². The first-order valence-corrected chi connectivity index (χ1v) is 11.8. The minimum atomic E-state index is -3.63. The second kappa shape index (κ2) is 8.65. The van der Waals surface area contributed by atoms with Crippen LogP contribution in [0.25, 0.3) is 0 Å². The number of hydrogen-bond donors (Lipinski definition) is 1. The van der Waals surface area contributed by atoms with Crippen LogP contribution < -0.4 is 14.2 Å². The Bertz CT molecular complexity index is 1040. The summed E-state index contributed by atoms with van der Waals surface area (Å²) in [5, 5.41) is 0. The third-order valence-electron chi connectivity index (χ3n) is 5.40. The second-order valence-electron chi connectivity index (χ2n) is 7.49. The summed E-state index contributed by atoms with van der Waals surface area (Å²) in [5.41, 5.74) is 1.37. The Hall–Kier alpha value is -2.58. The van der Waals surface area contributed by atoms with Crippen molar-refractivity contribution >= 4 is 15.9 Å². The Balaban J connectivity index is 1.58. The molecule has 1 saturated heterocycles. The molecule has 1 fully saturated rings. The van der Waals surface area contributed by atoms with Crippen molar-refractivity contribution in [1.82, 2.24) is 9.62 Å². The molecular weight excluding hydrogens is 404 g/mol. The van der Waals surface area contributed by atoms with E-state index in [-0.39, 0.29) is 16.8 Å². The topological polar surface area (TPSA) is 84.9 Å². The van der Waals surface area contributed by atoms with Crippen molar-refractivity contribution in [3.8, 4) is 11.5 Å². The SMILES string of the molecule is CCCNS(=O)(=O)c1cccc(C(=O)N2CCC[C@@H]2c2ccc3c(c2)OCCO3)c1. The van der Waals surface area contributed by atoms with E-state index in [9.17, 15) is 13.2 Å². The van der Waals surface area contributed by atoms with E-state index in [4.69, 9.17) is 9.47 Å². The fourth-order valence-electron chi connectivity index (χ4n) is 3.91. The Morgan fingerprint density at radius 1 is 1.13 bits per heavy atom. The standard InChI is InChI=1S/C22H26N2O5S/c1-2-10-23-30(26,27)18-6-3-5-17(14-18)22(25)24-11-4-7-19(24)16-8-9-20-21(15-16)29-13-12-28-20/h3,5-6,8-9,14-15,19,23H,2,4,7,10-13H2,1H3/t19-/m1/s1. The molecule has 1 atom stereocenters. The fraction of sp³-hybridized carbons (Fsp3) is 0.409. The molecule has 2 aliphatic heterocycles. The highest BCUT2D eigenvalue weighted by molar-refractivity contribution is 7.89. The average molecular weight is 431 g/mol. The summed E-state index contributed by atoms with van der Waals surface area (Å²) >= 11 is 0. The van der Waals surface area contributed by atoms with Gasteiger partial charge >= 0.3 is 0 Å². The van der Waals surface area contributed by atoms with Crippen LogP contribution in [0.5, 0.6) is 11.5 Å². The molecule has 30 heavy (non-hydrogen) atoms. The molecular formula is C22H26N2O5S. The van der Waals surface area contributed by atoms with Crippen LogP contribution in [-0.4, -0.2) is 45.5 Å². The number of amides is 1. The largest absolute Gasteiger partial charge is 0.486 e. The quantitative estimate of drug-likeness (QED) is 0.761. The van der Waals surface area contributed by atoms with Crippen molar-refractivity contribution < 1.29 is 22.7 Å². The third kappa shape index (κ3) is 4.15. The Morgan fingerprint density at radius 3 is 2.73 bits per heavy atom. The van der Waals surface area contributed by atoms with Gasteiger partial charge in [0, 0.05) is 18.7 Å². The number of nitrogens with zero attached hydrogens (tertiary/aromatic N) is 1. The number of hydrogen-bond acceptors (Lipinski definition) is 5. The van der Waals surface area contributed by atoms with Crippen LogP contribution in [0, 0.1) is 0 Å². The van der Waals surface area contributed by atoms with Crippen LogP contribution in [-0.2, 0) is 10.0 Å². The van der Waals surface area contributed by atoms with Gasteiger partial charge in [0.05, 0.1) is 10.9 Å². The highest BCUT2D eigenvalue weighted by atomic mass is 32.2. The number of sulfonamides is 1. The van der Waals surface area contributed by atoms with Gasteiger partial charge in [-0.2, -0.15) is 0 Å². The van der Waals surface area contributed by atoms with E-state index >= 15 is 0 Å². The zero-order valence-corrected chi connectivity index (χ0v) is 17.8. The van der Waals surface area contributed by atoms with Crippen molar-refractivity contribution in [3.63, 3.8) is 0 Å². The normalized spacial score (nSPS) is 18.4. The molecule has 0 saturated carbocycles. The van der Waals surface area contributed by atoms with Crippen molar-refractivity contribution in [1.29, 1.82) is 0 Å². The van der Waals surface area contributed by atoms with Crippen molar-refractivity contribution in [2.45, 2.75) is 37.1 Å². The number of carbonyl (C=O) groups is 1. The zero-order valence-electron chi connectivity index (χ0n) is 17.0. The number of likely N-dealkylation sites (tertiary alicyclic amines) is 1. The predicted octanol–water partition coefficient (Wildman–Crippen LogP) is 3.12. The van der Waals surface area contributed by atoms with Gasteiger partial charge in [-0.05, 0) is 55.2 Å². The van der Waals surface area contributed by atoms with Crippen LogP contribution in [0.15, 0.2) is 47.4 Å². The van der Waals surface area contributed by atoms with Crippen LogP contribution in [0.1, 0.15) is 48.1 Å². The highest BCUT2D eigenvalue weighted by Crippen LogP contribution is 2.38. The third-order valence-corrected chi connectivity index (χ3v) is 6.86. The van der Waals surface area contributed by atoms with Crippen molar-refractivity contribution in [2.75, 3.05) is 26.3 Å². The lowest BCUT2D eigenvalue weighted by atomic mass is 10.0. The van der Waals surface area contributed by atoms with Crippen LogP contribution in [0.4, 0.5) is 0 Å². The van der Waals surface area contributed by atoms with Gasteiger partial charge in [0.15, 0.2) is 11.5 Å². The maximum atomic E-state index is 13.3. The molecule has 4 rings (SSSR count). The molecule has 1 N–H and O–H groups in total. The number of fused-ring (bicyclic) bond motifs is 1. The van der Waals surface area contributed by atoms with Gasteiger partial charge in [-0.1, -0.05) is 19.1 Å². The molecule has 8 heteroatoms. The maximum Gasteiger partial charge on any atom is 0.254 e. The molecule has 0 aromatic heterocycles. The van der Waals surface area contributed by atoms with E-state index in [0.29, 0.717) is 44.0 Å². The summed E-state index contributed by atoms with van der Waals surface area (Å²) < 4.78 is 38.7. The average Bonchev–Trinajstić information content (AvgIpc) is 3.27. The van der Waals surface area contributed by atoms with E-state index in [2.05, 4.69) is 4.72 Å². The number of ether oxygens (including phenoxy) is 2. The Labute approximate surface area is 177 Å². The number of carbonyl (C=O) groups excluding carboxylic acids is 1. The first kappa shape index (κ1) is 20.7. The summed E-state index contributed by atoms with van der Waals surface area (Å²) in [5.74, 6) is 1.26. The molecule has 2 aliphatic rings. The lowest BCUT2D eigenvalue weighted by molar-refractivity contribution is 0.0735. The molecule has 0 aliphatic carbocycles. The number of nitrogens with one attached hydrogen (secondary N) is 1. The summed E-state index contributed by atoms with van der Waals surface area (Å²) in [6.45, 7) is 3.93. The van der Waals surface area contributed by atoms with E-state index in [1.54, 1.807) is 12.1 Å². The van der Waals surface area contributed by atoms with Crippen molar-refractivity contribution in [3.05, 3.63) is 53.6 Å². The van der Waals surface area contributed by atoms with Crippen LogP contribution in [0.2, 0.25) is 0 Å². The zero-order chi connectivity index (χ0) is 21.1. The van der Waals surface area contributed by atoms with Gasteiger partial charge in [-0.15, -0.1) is 0 Å². The minimum absolute atomic E-state index is 0.0770. The minimum Gasteiger partial charge on any atom is -0.486 e. The van der Waals surface area contributed by atoms with Gasteiger partial charge in [0.1, 0.15) is 13.2 Å². The molecule has 1 amide bonds. The van der Waals surface area contributed by atoms with Gasteiger partial charge in [-0.25, -0.2) is 13.1 Å². The molecule has 2 aromatic rings. The summed E-state index contributed by atoms with van der Waals surface area (Å²) in [6, 6.07) is 12.0. The van der Waals surface area contributed by atoms with Gasteiger partial charge in [0.25, 0.3) is 5.91 Å². The molecule has 0 bridgehead atoms. The lowest BCUT2D eigenvalue weighted by Crippen LogP contribution is -2.31. The predicted molar refractivity (Wildman–Crippen MR) is 112 cm³/mol. The van der Waals surface area contributed by atoms with Crippen LogP contribution in [0.3, 0.4) is 0 Å². The number of rotatable bonds is 6. The summed E-state index contributed by atoms with van der Waals surface area (Å²) in [4.78, 5) is 15.2. The van der Waals surface area contributed by atoms with E-state index in [1.807, 2.05) is 30.0 Å². The molecule has 0 spiro atoms. The lowest BCUT2D eigenvalue weighted by Gasteiger charge is -2.27. The smallest absolute Gasteiger partial charge is 0.254 e.